The predicted molar refractivity (Wildman–Crippen MR) is 88.1 cm³/mol. The van der Waals surface area contributed by atoms with Gasteiger partial charge in [-0.15, -0.1) is 0 Å². The molecule has 0 aromatic carbocycles. The highest BCUT2D eigenvalue weighted by Gasteiger charge is 2.36. The fraction of sp³-hybridized carbons (Fsp3) is 0.944. The summed E-state index contributed by atoms with van der Waals surface area (Å²) in [5, 5.41) is 12.8. The van der Waals surface area contributed by atoms with Gasteiger partial charge in [0, 0.05) is 6.04 Å². The number of hydrogen-bond acceptors (Lipinski definition) is 3. The van der Waals surface area contributed by atoms with Crippen LogP contribution < -0.4 is 5.32 Å². The molecule has 2 fully saturated rings. The highest BCUT2D eigenvalue weighted by atomic mass is 15.1. The number of likely N-dealkylation sites (tertiary alicyclic amines) is 1. The Hall–Kier alpha value is -0.590. The van der Waals surface area contributed by atoms with Gasteiger partial charge in [-0.3, -0.25) is 5.32 Å². The Morgan fingerprint density at radius 2 is 1.81 bits per heavy atom. The Morgan fingerprint density at radius 3 is 2.33 bits per heavy atom. The van der Waals surface area contributed by atoms with E-state index in [1.165, 1.54) is 51.6 Å². The molecule has 2 aliphatic rings. The molecule has 0 amide bonds. The van der Waals surface area contributed by atoms with Crippen LogP contribution in [0, 0.1) is 16.7 Å². The lowest BCUT2D eigenvalue weighted by molar-refractivity contribution is 0.106. The van der Waals surface area contributed by atoms with Crippen LogP contribution in [-0.2, 0) is 0 Å². The summed E-state index contributed by atoms with van der Waals surface area (Å²) in [4.78, 5) is 2.62. The third-order valence-corrected chi connectivity index (χ3v) is 5.59. The third-order valence-electron chi connectivity index (χ3n) is 5.59. The van der Waals surface area contributed by atoms with Crippen LogP contribution in [0.2, 0.25) is 0 Å². The Bertz CT molecular complexity index is 355. The van der Waals surface area contributed by atoms with Crippen molar-refractivity contribution in [2.75, 3.05) is 19.6 Å². The van der Waals surface area contributed by atoms with Crippen LogP contribution in [0.4, 0.5) is 0 Å². The van der Waals surface area contributed by atoms with Crippen molar-refractivity contribution in [3.8, 4) is 6.07 Å². The van der Waals surface area contributed by atoms with Crippen molar-refractivity contribution in [1.29, 1.82) is 5.26 Å². The first kappa shape index (κ1) is 16.8. The lowest BCUT2D eigenvalue weighted by atomic mass is 9.77. The number of hydrogen-bond donors (Lipinski definition) is 1. The van der Waals surface area contributed by atoms with Crippen LogP contribution in [0.25, 0.3) is 0 Å². The van der Waals surface area contributed by atoms with Crippen molar-refractivity contribution in [2.24, 2.45) is 5.41 Å². The molecule has 3 nitrogen and oxygen atoms in total. The van der Waals surface area contributed by atoms with E-state index in [4.69, 9.17) is 0 Å². The molecule has 1 saturated carbocycles. The monoisotopic (exact) mass is 291 g/mol. The number of piperidine rings is 1. The molecule has 120 valence electrons. The minimum atomic E-state index is -0.364. The fourth-order valence-electron chi connectivity index (χ4n) is 4.33. The highest BCUT2D eigenvalue weighted by molar-refractivity contribution is 5.04. The van der Waals surface area contributed by atoms with Gasteiger partial charge in [-0.2, -0.15) is 5.26 Å². The minimum absolute atomic E-state index is 0.364. The molecular weight excluding hydrogens is 258 g/mol. The molecule has 1 aliphatic carbocycles. The zero-order chi connectivity index (χ0) is 15.3. The molecule has 21 heavy (non-hydrogen) atoms. The van der Waals surface area contributed by atoms with Crippen LogP contribution in [0.5, 0.6) is 0 Å². The lowest BCUT2D eigenvalue weighted by Crippen LogP contribution is -2.46. The van der Waals surface area contributed by atoms with Gasteiger partial charge in [-0.1, -0.05) is 12.8 Å². The molecule has 0 aromatic rings. The summed E-state index contributed by atoms with van der Waals surface area (Å²) in [6.07, 6.45) is 10.8. The first-order chi connectivity index (χ1) is 9.97. The van der Waals surface area contributed by atoms with Crippen LogP contribution in [0.3, 0.4) is 0 Å². The van der Waals surface area contributed by atoms with Gasteiger partial charge in [0.05, 0.1) is 6.07 Å². The Morgan fingerprint density at radius 1 is 1.19 bits per heavy atom. The topological polar surface area (TPSA) is 39.1 Å². The second-order valence-electron chi connectivity index (χ2n) is 7.90. The molecule has 2 rings (SSSR count). The molecule has 0 aromatic heterocycles. The van der Waals surface area contributed by atoms with Gasteiger partial charge in [-0.05, 0) is 84.3 Å². The van der Waals surface area contributed by atoms with Gasteiger partial charge >= 0.3 is 0 Å². The van der Waals surface area contributed by atoms with E-state index >= 15 is 0 Å². The summed E-state index contributed by atoms with van der Waals surface area (Å²) in [5.74, 6) is 0. The van der Waals surface area contributed by atoms with E-state index in [1.807, 2.05) is 6.92 Å². The summed E-state index contributed by atoms with van der Waals surface area (Å²) in [6, 6.07) is 2.82. The smallest absolute Gasteiger partial charge is 0.104 e. The standard InChI is InChI=1S/C18H33N3/c1-16(2)20-17(3,15-19)7-6-12-21-13-10-18(11-14-21)8-4-5-9-18/h16,20H,4-14H2,1-3H3. The van der Waals surface area contributed by atoms with Gasteiger partial charge in [-0.25, -0.2) is 0 Å². The van der Waals surface area contributed by atoms with E-state index in [0.29, 0.717) is 6.04 Å². The van der Waals surface area contributed by atoms with Crippen LogP contribution in [0.1, 0.15) is 72.1 Å². The largest absolute Gasteiger partial charge is 0.303 e. The third kappa shape index (κ3) is 4.69. The van der Waals surface area contributed by atoms with E-state index in [2.05, 4.69) is 30.1 Å². The summed E-state index contributed by atoms with van der Waals surface area (Å²) >= 11 is 0. The molecule has 1 heterocycles. The maximum absolute atomic E-state index is 9.38. The van der Waals surface area contributed by atoms with Crippen LogP contribution in [-0.4, -0.2) is 36.1 Å². The van der Waals surface area contributed by atoms with Crippen molar-refractivity contribution in [3.05, 3.63) is 0 Å². The molecule has 1 atom stereocenters. The van der Waals surface area contributed by atoms with Crippen molar-refractivity contribution in [1.82, 2.24) is 10.2 Å². The molecule has 1 N–H and O–H groups in total. The van der Waals surface area contributed by atoms with Gasteiger partial charge in [0.25, 0.3) is 0 Å². The number of nitriles is 1. The van der Waals surface area contributed by atoms with Gasteiger partial charge < -0.3 is 4.90 Å². The molecule has 1 saturated heterocycles. The molecule has 1 aliphatic heterocycles. The SMILES string of the molecule is CC(C)NC(C)(C#N)CCCN1CCC2(CCCC2)CC1. The lowest BCUT2D eigenvalue weighted by Gasteiger charge is -2.39. The van der Waals surface area contributed by atoms with Crippen molar-refractivity contribution in [3.63, 3.8) is 0 Å². The number of nitrogens with one attached hydrogen (secondary N) is 1. The summed E-state index contributed by atoms with van der Waals surface area (Å²) in [7, 11) is 0. The summed E-state index contributed by atoms with van der Waals surface area (Å²) in [5.41, 5.74) is 0.355. The minimum Gasteiger partial charge on any atom is -0.303 e. The Kier molecular flexibility index (Phi) is 5.68. The number of nitrogens with zero attached hydrogens (tertiary/aromatic N) is 2. The first-order valence-electron chi connectivity index (χ1n) is 8.88. The molecule has 1 unspecified atom stereocenters. The predicted octanol–water partition coefficient (Wildman–Crippen LogP) is 3.70. The zero-order valence-corrected chi connectivity index (χ0v) is 14.2. The first-order valence-corrected chi connectivity index (χ1v) is 8.88. The Labute approximate surface area is 131 Å². The maximum Gasteiger partial charge on any atom is 0.104 e. The van der Waals surface area contributed by atoms with Gasteiger partial charge in [0.1, 0.15) is 5.54 Å². The van der Waals surface area contributed by atoms with E-state index in [0.717, 1.165) is 24.8 Å². The molecule has 0 radical (unpaired) electrons. The highest BCUT2D eigenvalue weighted by Crippen LogP contribution is 2.46. The van der Waals surface area contributed by atoms with Crippen molar-refractivity contribution in [2.45, 2.75) is 83.7 Å². The van der Waals surface area contributed by atoms with Gasteiger partial charge in [0.2, 0.25) is 0 Å². The van der Waals surface area contributed by atoms with Crippen molar-refractivity contribution >= 4 is 0 Å². The van der Waals surface area contributed by atoms with Crippen LogP contribution in [0.15, 0.2) is 0 Å². The van der Waals surface area contributed by atoms with Crippen LogP contribution >= 0.6 is 0 Å². The zero-order valence-electron chi connectivity index (χ0n) is 14.2. The quantitative estimate of drug-likeness (QED) is 0.811. The average Bonchev–Trinajstić information content (AvgIpc) is 2.89. The summed E-state index contributed by atoms with van der Waals surface area (Å²) < 4.78 is 0. The molecule has 0 bridgehead atoms. The second-order valence-corrected chi connectivity index (χ2v) is 7.90. The van der Waals surface area contributed by atoms with Crippen molar-refractivity contribution < 1.29 is 0 Å². The average molecular weight is 291 g/mol. The summed E-state index contributed by atoms with van der Waals surface area (Å²) in [6.45, 7) is 9.98. The van der Waals surface area contributed by atoms with Gasteiger partial charge in [0.15, 0.2) is 0 Å². The molecule has 1 spiro atoms. The van der Waals surface area contributed by atoms with E-state index in [9.17, 15) is 5.26 Å². The maximum atomic E-state index is 9.38. The fourth-order valence-corrected chi connectivity index (χ4v) is 4.33. The van der Waals surface area contributed by atoms with E-state index in [1.54, 1.807) is 0 Å². The van der Waals surface area contributed by atoms with E-state index in [-0.39, 0.29) is 5.54 Å². The number of rotatable bonds is 6. The molecular formula is C18H33N3. The normalized spacial score (nSPS) is 25.1. The second kappa shape index (κ2) is 7.11. The van der Waals surface area contributed by atoms with E-state index < -0.39 is 0 Å². The molecule has 3 heteroatoms. The Balaban J connectivity index is 1.69.